The quantitative estimate of drug-likeness (QED) is 0.561. The zero-order chi connectivity index (χ0) is 9.26. The van der Waals surface area contributed by atoms with Crippen molar-refractivity contribution >= 4 is 40.5 Å². The second-order valence-corrected chi connectivity index (χ2v) is 12.1. The van der Waals surface area contributed by atoms with E-state index in [0.717, 1.165) is 0 Å². The van der Waals surface area contributed by atoms with Crippen LogP contribution >= 0.6 is 40.5 Å². The van der Waals surface area contributed by atoms with Crippen molar-refractivity contribution in [3.8, 4) is 0 Å². The molecule has 0 bridgehead atoms. The topological polar surface area (TPSA) is 0 Å². The molecule has 0 aromatic heterocycles. The van der Waals surface area contributed by atoms with Gasteiger partial charge in [0.15, 0.2) is 0 Å². The van der Waals surface area contributed by atoms with Gasteiger partial charge >= 0.3 is 0 Å². The lowest BCUT2D eigenvalue weighted by atomic mass is 10.1. The molecule has 1 aliphatic rings. The van der Waals surface area contributed by atoms with Gasteiger partial charge in [-0.25, -0.2) is 0 Å². The molecular formula is C9H11PS3. The maximum atomic E-state index is 4.55. The first-order chi connectivity index (χ1) is 6.27. The van der Waals surface area contributed by atoms with Crippen LogP contribution in [0.3, 0.4) is 0 Å². The minimum absolute atomic E-state index is 0.140. The molecule has 4 heteroatoms. The summed E-state index contributed by atoms with van der Waals surface area (Å²) >= 11 is 8.59. The standard InChI is InChI=1S/C9H11PS3/c1-7-9(13-10(11)12-7)8-5-3-2-4-6-8/h2-7,9,11H,1H3. The monoisotopic (exact) mass is 246 g/mol. The third-order valence-electron chi connectivity index (χ3n) is 2.01. The van der Waals surface area contributed by atoms with Crippen LogP contribution in [-0.4, -0.2) is 5.25 Å². The molecule has 0 spiro atoms. The van der Waals surface area contributed by atoms with Crippen molar-refractivity contribution < 1.29 is 0 Å². The Hall–Kier alpha value is 0.700. The molecule has 1 heterocycles. The van der Waals surface area contributed by atoms with E-state index in [1.54, 1.807) is 0 Å². The van der Waals surface area contributed by atoms with E-state index in [2.05, 4.69) is 49.5 Å². The average molecular weight is 246 g/mol. The molecule has 3 atom stereocenters. The summed E-state index contributed by atoms with van der Waals surface area (Å²) in [6.07, 6.45) is 0. The van der Waals surface area contributed by atoms with E-state index in [1.165, 1.54) is 5.56 Å². The third-order valence-corrected chi connectivity index (χ3v) is 10.1. The molecule has 1 aromatic carbocycles. The predicted octanol–water partition coefficient (Wildman–Crippen LogP) is 4.75. The van der Waals surface area contributed by atoms with E-state index in [4.69, 9.17) is 0 Å². The van der Waals surface area contributed by atoms with E-state index in [9.17, 15) is 0 Å². The fourth-order valence-corrected chi connectivity index (χ4v) is 11.1. The first-order valence-electron chi connectivity index (χ1n) is 4.15. The van der Waals surface area contributed by atoms with E-state index in [-0.39, 0.29) is 5.53 Å². The molecule has 0 radical (unpaired) electrons. The smallest absolute Gasteiger partial charge is 0.0707 e. The van der Waals surface area contributed by atoms with Crippen molar-refractivity contribution in [3.63, 3.8) is 0 Å². The predicted molar refractivity (Wildman–Crippen MR) is 69.7 cm³/mol. The highest BCUT2D eigenvalue weighted by Gasteiger charge is 2.31. The summed E-state index contributed by atoms with van der Waals surface area (Å²) in [5.74, 6) is 0. The van der Waals surface area contributed by atoms with Gasteiger partial charge in [0, 0.05) is 10.5 Å². The second-order valence-electron chi connectivity index (χ2n) is 2.99. The molecule has 70 valence electrons. The van der Waals surface area contributed by atoms with Crippen LogP contribution in [0.5, 0.6) is 0 Å². The van der Waals surface area contributed by atoms with E-state index >= 15 is 0 Å². The Balaban J connectivity index is 2.18. The molecule has 1 saturated heterocycles. The Morgan fingerprint density at radius 1 is 1.23 bits per heavy atom. The van der Waals surface area contributed by atoms with Crippen molar-refractivity contribution in [2.24, 2.45) is 0 Å². The first kappa shape index (κ1) is 10.2. The molecule has 0 amide bonds. The van der Waals surface area contributed by atoms with Crippen molar-refractivity contribution in [1.82, 2.24) is 0 Å². The number of thiol groups is 1. The number of rotatable bonds is 1. The maximum absolute atomic E-state index is 4.55. The summed E-state index contributed by atoms with van der Waals surface area (Å²) in [6.45, 7) is 2.30. The second kappa shape index (κ2) is 4.48. The van der Waals surface area contributed by atoms with Crippen LogP contribution in [0.1, 0.15) is 17.7 Å². The van der Waals surface area contributed by atoms with E-state index in [1.807, 2.05) is 22.8 Å². The highest BCUT2D eigenvalue weighted by molar-refractivity contribution is 9.10. The minimum atomic E-state index is -0.140. The molecule has 1 fully saturated rings. The minimum Gasteiger partial charge on any atom is -0.130 e. The van der Waals surface area contributed by atoms with Gasteiger partial charge in [0.1, 0.15) is 0 Å². The zero-order valence-electron chi connectivity index (χ0n) is 7.25. The van der Waals surface area contributed by atoms with Gasteiger partial charge in [-0.3, -0.25) is 0 Å². The van der Waals surface area contributed by atoms with Gasteiger partial charge in [0.05, 0.1) is 5.53 Å². The number of hydrogen-bond donors (Lipinski definition) is 1. The van der Waals surface area contributed by atoms with Gasteiger partial charge in [0.2, 0.25) is 0 Å². The summed E-state index contributed by atoms with van der Waals surface area (Å²) in [6, 6.07) is 10.7. The molecule has 2 rings (SSSR count). The molecule has 0 N–H and O–H groups in total. The van der Waals surface area contributed by atoms with Gasteiger partial charge < -0.3 is 0 Å². The van der Waals surface area contributed by atoms with Crippen molar-refractivity contribution in [1.29, 1.82) is 0 Å². The largest absolute Gasteiger partial charge is 0.130 e. The van der Waals surface area contributed by atoms with Gasteiger partial charge in [-0.05, 0) is 5.56 Å². The Labute approximate surface area is 93.7 Å². The summed E-state index contributed by atoms with van der Waals surface area (Å²) in [7, 11) is 0. The lowest BCUT2D eigenvalue weighted by Gasteiger charge is -2.12. The third kappa shape index (κ3) is 2.38. The fraction of sp³-hybridized carbons (Fsp3) is 0.333. The number of benzene rings is 1. The van der Waals surface area contributed by atoms with Crippen LogP contribution in [0.25, 0.3) is 0 Å². The molecular weight excluding hydrogens is 235 g/mol. The van der Waals surface area contributed by atoms with Crippen molar-refractivity contribution in [3.05, 3.63) is 35.9 Å². The van der Waals surface area contributed by atoms with Crippen molar-refractivity contribution in [2.45, 2.75) is 17.4 Å². The first-order valence-corrected chi connectivity index (χ1v) is 9.61. The molecule has 1 aromatic rings. The highest BCUT2D eigenvalue weighted by Crippen LogP contribution is 2.78. The summed E-state index contributed by atoms with van der Waals surface area (Å²) in [4.78, 5) is 0. The Morgan fingerprint density at radius 3 is 2.46 bits per heavy atom. The van der Waals surface area contributed by atoms with Crippen LogP contribution in [0.15, 0.2) is 30.3 Å². The van der Waals surface area contributed by atoms with Gasteiger partial charge in [-0.2, -0.15) is 0 Å². The van der Waals surface area contributed by atoms with Crippen LogP contribution < -0.4 is 0 Å². The summed E-state index contributed by atoms with van der Waals surface area (Å²) in [5.41, 5.74) is 1.31. The normalized spacial score (nSPS) is 33.5. The van der Waals surface area contributed by atoms with Crippen LogP contribution in [-0.2, 0) is 0 Å². The van der Waals surface area contributed by atoms with Gasteiger partial charge in [-0.15, -0.1) is 35.0 Å². The van der Waals surface area contributed by atoms with Crippen LogP contribution in [0.4, 0.5) is 0 Å². The Morgan fingerprint density at radius 2 is 1.92 bits per heavy atom. The SMILES string of the molecule is CC1SP(S)SC1c1ccccc1. The van der Waals surface area contributed by atoms with Crippen LogP contribution in [0.2, 0.25) is 0 Å². The van der Waals surface area contributed by atoms with Crippen molar-refractivity contribution in [2.75, 3.05) is 0 Å². The fourth-order valence-electron chi connectivity index (χ4n) is 1.38. The molecule has 0 aliphatic carbocycles. The van der Waals surface area contributed by atoms with Gasteiger partial charge in [0.25, 0.3) is 0 Å². The lowest BCUT2D eigenvalue weighted by molar-refractivity contribution is 0.931. The zero-order valence-corrected chi connectivity index (χ0v) is 10.7. The molecule has 13 heavy (non-hydrogen) atoms. The maximum Gasteiger partial charge on any atom is 0.0707 e. The molecule has 0 nitrogen and oxygen atoms in total. The Kier molecular flexibility index (Phi) is 3.52. The number of hydrogen-bond acceptors (Lipinski definition) is 3. The van der Waals surface area contributed by atoms with Gasteiger partial charge in [-0.1, -0.05) is 37.3 Å². The molecule has 1 aliphatic heterocycles. The lowest BCUT2D eigenvalue weighted by Crippen LogP contribution is -2.01. The van der Waals surface area contributed by atoms with E-state index in [0.29, 0.717) is 10.5 Å². The highest BCUT2D eigenvalue weighted by atomic mass is 33.4. The Bertz CT molecular complexity index is 277. The van der Waals surface area contributed by atoms with E-state index < -0.39 is 0 Å². The average Bonchev–Trinajstić information content (AvgIpc) is 2.47. The molecule has 0 saturated carbocycles. The van der Waals surface area contributed by atoms with Crippen LogP contribution in [0, 0.1) is 0 Å². The summed E-state index contributed by atoms with van der Waals surface area (Å²) in [5, 5.41) is 1.35. The molecule has 3 unspecified atom stereocenters. The summed E-state index contributed by atoms with van der Waals surface area (Å²) < 4.78 is 0.